The number of aromatic amines is 1. The number of hydrogen-bond acceptors (Lipinski definition) is 4. The molecule has 8 heteroatoms. The summed E-state index contributed by atoms with van der Waals surface area (Å²) in [4.78, 5) is 30.9. The molecule has 3 aromatic rings. The molecule has 0 atom stereocenters. The van der Waals surface area contributed by atoms with Gasteiger partial charge >= 0.3 is 5.69 Å². The van der Waals surface area contributed by atoms with Crippen LogP contribution in [0.3, 0.4) is 0 Å². The molecule has 0 aliphatic heterocycles. The molecular weight excluding hydrogens is 325 g/mol. The topological polar surface area (TPSA) is 84.7 Å². The van der Waals surface area contributed by atoms with Gasteiger partial charge < -0.3 is 5.32 Å². The van der Waals surface area contributed by atoms with Crippen LogP contribution in [0.2, 0.25) is 0 Å². The van der Waals surface area contributed by atoms with E-state index < -0.39 is 11.2 Å². The minimum atomic E-state index is -0.510. The molecule has 1 aromatic carbocycles. The number of unbranched alkanes of at least 4 members (excludes halogenated alkanes) is 1. The molecule has 2 heterocycles. The fourth-order valence-electron chi connectivity index (χ4n) is 2.67. The van der Waals surface area contributed by atoms with Crippen molar-refractivity contribution in [3.05, 3.63) is 56.5 Å². The minimum absolute atomic E-state index is 0.311. The van der Waals surface area contributed by atoms with E-state index in [0.29, 0.717) is 30.2 Å². The predicted molar refractivity (Wildman–Crippen MR) is 94.5 cm³/mol. The molecule has 25 heavy (non-hydrogen) atoms. The van der Waals surface area contributed by atoms with Crippen LogP contribution in [0, 0.1) is 5.82 Å². The van der Waals surface area contributed by atoms with Gasteiger partial charge in [-0.3, -0.25) is 18.9 Å². The normalized spacial score (nSPS) is 11.2. The first-order valence-corrected chi connectivity index (χ1v) is 8.19. The van der Waals surface area contributed by atoms with E-state index in [1.807, 2.05) is 0 Å². The number of anilines is 1. The third-order valence-electron chi connectivity index (χ3n) is 4.07. The van der Waals surface area contributed by atoms with Crippen molar-refractivity contribution in [2.45, 2.75) is 26.3 Å². The van der Waals surface area contributed by atoms with E-state index in [4.69, 9.17) is 0 Å². The maximum Gasteiger partial charge on any atom is 0.329 e. The Kier molecular flexibility index (Phi) is 4.69. The highest BCUT2D eigenvalue weighted by Gasteiger charge is 2.17. The van der Waals surface area contributed by atoms with Gasteiger partial charge in [-0.05, 0) is 24.1 Å². The predicted octanol–water partition coefficient (Wildman–Crippen LogP) is 1.82. The third kappa shape index (κ3) is 3.33. The first kappa shape index (κ1) is 16.9. The Bertz CT molecular complexity index is 1000. The summed E-state index contributed by atoms with van der Waals surface area (Å²) in [6, 6.07) is 6.07. The second kappa shape index (κ2) is 6.92. The second-order valence-electron chi connectivity index (χ2n) is 5.92. The van der Waals surface area contributed by atoms with E-state index in [9.17, 15) is 14.0 Å². The molecule has 0 aliphatic rings. The lowest BCUT2D eigenvalue weighted by atomic mass is 10.2. The number of aryl methyl sites for hydroxylation is 1. The molecular formula is C17H20FN5O2. The molecule has 2 N–H and O–H groups in total. The lowest BCUT2D eigenvalue weighted by Gasteiger charge is -2.10. The van der Waals surface area contributed by atoms with Crippen LogP contribution in [0.5, 0.6) is 0 Å². The molecule has 0 amide bonds. The van der Waals surface area contributed by atoms with Crippen LogP contribution in [0.4, 0.5) is 10.3 Å². The highest BCUT2D eigenvalue weighted by Crippen LogP contribution is 2.18. The van der Waals surface area contributed by atoms with Gasteiger partial charge in [0.1, 0.15) is 5.82 Å². The molecule has 0 radical (unpaired) electrons. The number of fused-ring (bicyclic) bond motifs is 1. The van der Waals surface area contributed by atoms with Gasteiger partial charge in [-0.1, -0.05) is 25.5 Å². The summed E-state index contributed by atoms with van der Waals surface area (Å²) >= 11 is 0. The average Bonchev–Trinajstić information content (AvgIpc) is 2.94. The van der Waals surface area contributed by atoms with Gasteiger partial charge in [-0.15, -0.1) is 0 Å². The van der Waals surface area contributed by atoms with Crippen molar-refractivity contribution in [3.8, 4) is 0 Å². The molecule has 2 aromatic heterocycles. The highest BCUT2D eigenvalue weighted by atomic mass is 19.1. The van der Waals surface area contributed by atoms with Crippen molar-refractivity contribution in [2.24, 2.45) is 7.05 Å². The standard InChI is InChI=1S/C17H20FN5O2/c1-3-4-9-19-16-20-14-13(15(24)21-17(25)22(14)2)23(16)10-11-5-7-12(18)8-6-11/h5-8H,3-4,9-10H2,1-2H3,(H,19,20)(H,21,24,25). The number of rotatable bonds is 6. The van der Waals surface area contributed by atoms with Gasteiger partial charge in [0.15, 0.2) is 11.2 Å². The molecule has 0 saturated carbocycles. The Morgan fingerprint density at radius 3 is 2.64 bits per heavy atom. The number of benzene rings is 1. The average molecular weight is 345 g/mol. The molecule has 0 fully saturated rings. The van der Waals surface area contributed by atoms with Gasteiger partial charge in [-0.25, -0.2) is 9.18 Å². The van der Waals surface area contributed by atoms with Crippen LogP contribution in [0.1, 0.15) is 25.3 Å². The maximum atomic E-state index is 13.1. The van der Waals surface area contributed by atoms with Gasteiger partial charge in [0, 0.05) is 13.6 Å². The summed E-state index contributed by atoms with van der Waals surface area (Å²) in [5, 5.41) is 3.22. The summed E-state index contributed by atoms with van der Waals surface area (Å²) in [6.45, 7) is 3.12. The van der Waals surface area contributed by atoms with Crippen LogP contribution in [-0.2, 0) is 13.6 Å². The van der Waals surface area contributed by atoms with E-state index in [1.165, 1.54) is 16.7 Å². The molecule has 0 spiro atoms. The summed E-state index contributed by atoms with van der Waals surface area (Å²) < 4.78 is 16.2. The van der Waals surface area contributed by atoms with Crippen LogP contribution in [-0.4, -0.2) is 25.6 Å². The zero-order valence-corrected chi connectivity index (χ0v) is 14.2. The summed E-state index contributed by atoms with van der Waals surface area (Å²) in [7, 11) is 1.56. The van der Waals surface area contributed by atoms with E-state index in [0.717, 1.165) is 18.4 Å². The van der Waals surface area contributed by atoms with Crippen LogP contribution in [0.25, 0.3) is 11.2 Å². The van der Waals surface area contributed by atoms with Gasteiger partial charge in [0.05, 0.1) is 6.54 Å². The lowest BCUT2D eigenvalue weighted by Crippen LogP contribution is -2.29. The van der Waals surface area contributed by atoms with Crippen LogP contribution in [0.15, 0.2) is 33.9 Å². The van der Waals surface area contributed by atoms with Crippen molar-refractivity contribution in [3.63, 3.8) is 0 Å². The van der Waals surface area contributed by atoms with Crippen molar-refractivity contribution in [1.82, 2.24) is 19.1 Å². The number of halogens is 1. The molecule has 0 unspecified atom stereocenters. The number of aromatic nitrogens is 4. The fraction of sp³-hybridized carbons (Fsp3) is 0.353. The van der Waals surface area contributed by atoms with Crippen molar-refractivity contribution >= 4 is 17.1 Å². The Hall–Kier alpha value is -2.90. The Balaban J connectivity index is 2.13. The Morgan fingerprint density at radius 2 is 1.96 bits per heavy atom. The zero-order chi connectivity index (χ0) is 18.0. The number of H-pyrrole nitrogens is 1. The van der Waals surface area contributed by atoms with E-state index in [-0.39, 0.29) is 5.82 Å². The Labute approximate surface area is 143 Å². The van der Waals surface area contributed by atoms with E-state index >= 15 is 0 Å². The van der Waals surface area contributed by atoms with Gasteiger partial charge in [0.2, 0.25) is 5.95 Å². The molecule has 3 rings (SSSR count). The first-order valence-electron chi connectivity index (χ1n) is 8.19. The number of nitrogens with zero attached hydrogens (tertiary/aromatic N) is 3. The van der Waals surface area contributed by atoms with E-state index in [2.05, 4.69) is 22.2 Å². The number of imidazole rings is 1. The smallest absolute Gasteiger partial charge is 0.329 e. The first-order chi connectivity index (χ1) is 12.0. The molecule has 0 aliphatic carbocycles. The van der Waals surface area contributed by atoms with Crippen LogP contribution < -0.4 is 16.6 Å². The third-order valence-corrected chi connectivity index (χ3v) is 4.07. The largest absolute Gasteiger partial charge is 0.356 e. The summed E-state index contributed by atoms with van der Waals surface area (Å²) in [5.41, 5.74) is 0.452. The van der Waals surface area contributed by atoms with Crippen molar-refractivity contribution in [1.29, 1.82) is 0 Å². The summed E-state index contributed by atoms with van der Waals surface area (Å²) in [5.74, 6) is 0.195. The quantitative estimate of drug-likeness (QED) is 0.668. The molecule has 7 nitrogen and oxygen atoms in total. The van der Waals surface area contributed by atoms with Crippen molar-refractivity contribution in [2.75, 3.05) is 11.9 Å². The molecule has 0 saturated heterocycles. The molecule has 132 valence electrons. The highest BCUT2D eigenvalue weighted by molar-refractivity contribution is 5.74. The fourth-order valence-corrected chi connectivity index (χ4v) is 2.67. The van der Waals surface area contributed by atoms with E-state index in [1.54, 1.807) is 23.7 Å². The minimum Gasteiger partial charge on any atom is -0.356 e. The van der Waals surface area contributed by atoms with Crippen molar-refractivity contribution < 1.29 is 4.39 Å². The lowest BCUT2D eigenvalue weighted by molar-refractivity contribution is 0.626. The number of hydrogen-bond donors (Lipinski definition) is 2. The monoisotopic (exact) mass is 345 g/mol. The van der Waals surface area contributed by atoms with Gasteiger partial charge in [-0.2, -0.15) is 4.98 Å². The maximum absolute atomic E-state index is 13.1. The summed E-state index contributed by atoms with van der Waals surface area (Å²) in [6.07, 6.45) is 1.97. The SMILES string of the molecule is CCCCNc1nc2c(c(=O)[nH]c(=O)n2C)n1Cc1ccc(F)cc1. The number of nitrogens with one attached hydrogen (secondary N) is 2. The zero-order valence-electron chi connectivity index (χ0n) is 14.2. The second-order valence-corrected chi connectivity index (χ2v) is 5.92. The Morgan fingerprint density at radius 1 is 1.24 bits per heavy atom. The molecule has 0 bridgehead atoms. The van der Waals surface area contributed by atoms with Crippen LogP contribution >= 0.6 is 0 Å². The van der Waals surface area contributed by atoms with Gasteiger partial charge in [0.25, 0.3) is 5.56 Å².